The molecule has 3 aliphatic carbocycles. The van der Waals surface area contributed by atoms with Gasteiger partial charge in [0.15, 0.2) is 0 Å². The molecule has 0 aliphatic heterocycles. The Morgan fingerprint density at radius 3 is 2.54 bits per heavy atom. The van der Waals surface area contributed by atoms with Gasteiger partial charge in [-0.05, 0) is 49.4 Å². The first kappa shape index (κ1) is 17.9. The van der Waals surface area contributed by atoms with Crippen molar-refractivity contribution in [1.82, 2.24) is 9.78 Å². The van der Waals surface area contributed by atoms with Gasteiger partial charge in [0, 0.05) is 23.0 Å². The molecule has 3 heteroatoms. The zero-order valence-corrected chi connectivity index (χ0v) is 17.1. The van der Waals surface area contributed by atoms with Crippen molar-refractivity contribution in [3.8, 4) is 11.3 Å². The fourth-order valence-corrected chi connectivity index (χ4v) is 5.82. The maximum Gasteiger partial charge on any atom is 0.251 e. The molecule has 2 bridgehead atoms. The van der Waals surface area contributed by atoms with Crippen molar-refractivity contribution < 1.29 is 4.79 Å². The van der Waals surface area contributed by atoms with Gasteiger partial charge in [-0.2, -0.15) is 9.78 Å². The highest BCUT2D eigenvalue weighted by molar-refractivity contribution is 5.87. The summed E-state index contributed by atoms with van der Waals surface area (Å²) in [5.74, 6) is 2.72. The van der Waals surface area contributed by atoms with Crippen LogP contribution in [0.3, 0.4) is 0 Å². The molecule has 1 saturated carbocycles. The van der Waals surface area contributed by atoms with Crippen LogP contribution >= 0.6 is 0 Å². The summed E-state index contributed by atoms with van der Waals surface area (Å²) in [6.45, 7) is 6.88. The molecule has 1 aromatic heterocycles. The van der Waals surface area contributed by atoms with Crippen LogP contribution in [0.1, 0.15) is 74.3 Å². The molecule has 1 aromatic carbocycles. The van der Waals surface area contributed by atoms with Crippen molar-refractivity contribution >= 4 is 5.91 Å². The van der Waals surface area contributed by atoms with Crippen molar-refractivity contribution in [2.75, 3.05) is 0 Å². The maximum absolute atomic E-state index is 13.7. The number of carbonyl (C=O) groups excluding carboxylic acids is 1. The van der Waals surface area contributed by atoms with Gasteiger partial charge < -0.3 is 0 Å². The zero-order valence-electron chi connectivity index (χ0n) is 17.1. The normalized spacial score (nSPS) is 30.8. The average molecular weight is 375 g/mol. The number of carbonyl (C=O) groups is 1. The summed E-state index contributed by atoms with van der Waals surface area (Å²) in [6, 6.07) is 10.4. The molecule has 146 valence electrons. The van der Waals surface area contributed by atoms with E-state index in [1.165, 1.54) is 24.1 Å². The lowest BCUT2D eigenvalue weighted by Crippen LogP contribution is -2.27. The van der Waals surface area contributed by atoms with E-state index < -0.39 is 0 Å². The van der Waals surface area contributed by atoms with Gasteiger partial charge in [0.25, 0.3) is 5.91 Å². The summed E-state index contributed by atoms with van der Waals surface area (Å²) >= 11 is 0. The number of hydrogen-bond acceptors (Lipinski definition) is 2. The Balaban J connectivity index is 1.67. The van der Waals surface area contributed by atoms with Crippen LogP contribution in [-0.4, -0.2) is 15.7 Å². The highest BCUT2D eigenvalue weighted by Crippen LogP contribution is 2.48. The second-order valence-corrected chi connectivity index (χ2v) is 9.48. The SMILES string of the molecule is CC(C)[C@H]1CC[C@@H](C)c2c1nn(C(=O)[C@H]1C[C@H]3C=C[C@@H]1C3)c2-c1ccccc1. The van der Waals surface area contributed by atoms with Gasteiger partial charge in [0.1, 0.15) is 0 Å². The quantitative estimate of drug-likeness (QED) is 0.614. The minimum Gasteiger partial charge on any atom is -0.272 e. The van der Waals surface area contributed by atoms with E-state index in [4.69, 9.17) is 5.10 Å². The van der Waals surface area contributed by atoms with Crippen molar-refractivity contribution in [2.24, 2.45) is 23.7 Å². The van der Waals surface area contributed by atoms with Crippen LogP contribution in [0, 0.1) is 23.7 Å². The molecule has 1 fully saturated rings. The molecule has 3 aliphatic rings. The first-order chi connectivity index (χ1) is 13.5. The maximum atomic E-state index is 13.7. The van der Waals surface area contributed by atoms with Crippen LogP contribution in [0.25, 0.3) is 11.3 Å². The van der Waals surface area contributed by atoms with Crippen molar-refractivity contribution in [2.45, 2.75) is 58.3 Å². The number of rotatable bonds is 3. The van der Waals surface area contributed by atoms with E-state index in [1.807, 2.05) is 10.7 Å². The first-order valence-electron chi connectivity index (χ1n) is 10.9. The van der Waals surface area contributed by atoms with E-state index in [1.54, 1.807) is 0 Å². The fourth-order valence-electron chi connectivity index (χ4n) is 5.82. The molecule has 2 aromatic rings. The number of allylic oxidation sites excluding steroid dienone is 2. The molecule has 0 amide bonds. The smallest absolute Gasteiger partial charge is 0.251 e. The zero-order chi connectivity index (χ0) is 19.4. The second kappa shape index (κ2) is 6.72. The summed E-state index contributed by atoms with van der Waals surface area (Å²) in [5, 5.41) is 5.05. The van der Waals surface area contributed by atoms with Crippen LogP contribution in [0.4, 0.5) is 0 Å². The standard InChI is InChI=1S/C25H30N2O/c1-15(2)20-12-9-16(3)22-23(20)26-27(24(22)18-7-5-4-6-8-18)25(28)21-14-17-10-11-19(21)13-17/h4-8,10-11,15-17,19-21H,9,12-14H2,1-3H3/t16-,17+,19-,20-,21+/m1/s1. The van der Waals surface area contributed by atoms with Crippen LogP contribution in [0.15, 0.2) is 42.5 Å². The summed E-state index contributed by atoms with van der Waals surface area (Å²) in [5.41, 5.74) is 4.69. The Kier molecular flexibility index (Phi) is 4.30. The molecule has 1 heterocycles. The Labute approximate surface area is 167 Å². The van der Waals surface area contributed by atoms with Crippen molar-refractivity contribution in [3.63, 3.8) is 0 Å². The monoisotopic (exact) mass is 374 g/mol. The lowest BCUT2D eigenvalue weighted by molar-refractivity contribution is 0.0798. The number of hydrogen-bond donors (Lipinski definition) is 0. The molecule has 0 saturated heterocycles. The average Bonchev–Trinajstić information content (AvgIpc) is 3.42. The minimum atomic E-state index is 0.0895. The Bertz CT molecular complexity index is 924. The lowest BCUT2D eigenvalue weighted by Gasteiger charge is -2.28. The molecule has 3 nitrogen and oxygen atoms in total. The molecule has 0 N–H and O–H groups in total. The van der Waals surface area contributed by atoms with Gasteiger partial charge in [-0.25, -0.2) is 0 Å². The van der Waals surface area contributed by atoms with Gasteiger partial charge >= 0.3 is 0 Å². The van der Waals surface area contributed by atoms with E-state index in [-0.39, 0.29) is 11.8 Å². The van der Waals surface area contributed by atoms with Gasteiger partial charge in [-0.15, -0.1) is 0 Å². The van der Waals surface area contributed by atoms with Crippen LogP contribution in [0.2, 0.25) is 0 Å². The van der Waals surface area contributed by atoms with Crippen LogP contribution < -0.4 is 0 Å². The molecule has 28 heavy (non-hydrogen) atoms. The highest BCUT2D eigenvalue weighted by Gasteiger charge is 2.43. The molecule has 0 radical (unpaired) electrons. The molecule has 5 rings (SSSR count). The topological polar surface area (TPSA) is 34.9 Å². The number of aromatic nitrogens is 2. The summed E-state index contributed by atoms with van der Waals surface area (Å²) in [7, 11) is 0. The van der Waals surface area contributed by atoms with E-state index in [2.05, 4.69) is 57.2 Å². The number of benzene rings is 1. The van der Waals surface area contributed by atoms with Gasteiger partial charge in [-0.1, -0.05) is 63.3 Å². The third kappa shape index (κ3) is 2.70. The first-order valence-corrected chi connectivity index (χ1v) is 10.9. The Morgan fingerprint density at radius 2 is 1.89 bits per heavy atom. The van der Waals surface area contributed by atoms with E-state index in [0.717, 1.165) is 24.1 Å². The Hall–Kier alpha value is -2.16. The van der Waals surface area contributed by atoms with Gasteiger partial charge in [0.2, 0.25) is 0 Å². The van der Waals surface area contributed by atoms with E-state index in [9.17, 15) is 4.79 Å². The van der Waals surface area contributed by atoms with Crippen LogP contribution in [-0.2, 0) is 0 Å². The van der Waals surface area contributed by atoms with Crippen LogP contribution in [0.5, 0.6) is 0 Å². The largest absolute Gasteiger partial charge is 0.272 e. The number of fused-ring (bicyclic) bond motifs is 3. The third-order valence-electron chi connectivity index (χ3n) is 7.36. The molecule has 0 unspecified atom stereocenters. The van der Waals surface area contributed by atoms with E-state index in [0.29, 0.717) is 29.6 Å². The summed E-state index contributed by atoms with van der Waals surface area (Å²) in [6.07, 6.45) is 9.04. The third-order valence-corrected chi connectivity index (χ3v) is 7.36. The second-order valence-electron chi connectivity index (χ2n) is 9.48. The lowest BCUT2D eigenvalue weighted by atomic mass is 9.75. The fraction of sp³-hybridized carbons (Fsp3) is 0.520. The van der Waals surface area contributed by atoms with E-state index >= 15 is 0 Å². The summed E-state index contributed by atoms with van der Waals surface area (Å²) < 4.78 is 1.82. The van der Waals surface area contributed by atoms with Crippen molar-refractivity contribution in [3.05, 3.63) is 53.7 Å². The summed E-state index contributed by atoms with van der Waals surface area (Å²) in [4.78, 5) is 13.7. The highest BCUT2D eigenvalue weighted by atomic mass is 16.2. The predicted molar refractivity (Wildman–Crippen MR) is 112 cm³/mol. The predicted octanol–water partition coefficient (Wildman–Crippen LogP) is 6.04. The molecule has 5 atom stereocenters. The van der Waals surface area contributed by atoms with Crippen molar-refractivity contribution in [1.29, 1.82) is 0 Å². The molecular formula is C25H30N2O. The van der Waals surface area contributed by atoms with Gasteiger partial charge in [-0.3, -0.25) is 4.79 Å². The Morgan fingerprint density at radius 1 is 1.11 bits per heavy atom. The van der Waals surface area contributed by atoms with Gasteiger partial charge in [0.05, 0.1) is 11.4 Å². The molecular weight excluding hydrogens is 344 g/mol. The minimum absolute atomic E-state index is 0.0895. The number of nitrogens with zero attached hydrogens (tertiary/aromatic N) is 2. The molecule has 0 spiro atoms.